The first kappa shape index (κ1) is 20.0. The number of hydrogen-bond acceptors (Lipinski definition) is 4. The minimum atomic E-state index is 0. The van der Waals surface area contributed by atoms with Gasteiger partial charge >= 0.3 is 0 Å². The highest BCUT2D eigenvalue weighted by Crippen LogP contribution is 2.34. The first-order valence-corrected chi connectivity index (χ1v) is 7.57. The Morgan fingerprint density at radius 3 is 2.61 bits per heavy atom. The quantitative estimate of drug-likeness (QED) is 0.900. The van der Waals surface area contributed by atoms with Gasteiger partial charge in [-0.25, -0.2) is 4.98 Å². The normalized spacial score (nSPS) is 22.2. The van der Waals surface area contributed by atoms with Crippen molar-refractivity contribution in [3.05, 3.63) is 42.4 Å². The Balaban J connectivity index is 0.00000132. The van der Waals surface area contributed by atoms with Gasteiger partial charge in [0.25, 0.3) is 0 Å². The van der Waals surface area contributed by atoms with Gasteiger partial charge in [-0.15, -0.1) is 24.8 Å². The van der Waals surface area contributed by atoms with E-state index in [1.807, 2.05) is 36.5 Å². The van der Waals surface area contributed by atoms with Crippen LogP contribution in [0.1, 0.15) is 32.2 Å². The summed E-state index contributed by atoms with van der Waals surface area (Å²) in [6, 6.07) is 10.3. The Morgan fingerprint density at radius 1 is 1.30 bits per heavy atom. The molecule has 1 aromatic carbocycles. The molecule has 1 saturated heterocycles. The summed E-state index contributed by atoms with van der Waals surface area (Å²) in [6.07, 6.45) is 2.96. The lowest BCUT2D eigenvalue weighted by atomic mass is 9.90. The van der Waals surface area contributed by atoms with Crippen LogP contribution in [0.5, 0.6) is 0 Å². The number of nitrogens with two attached hydrogens (primary N) is 1. The summed E-state index contributed by atoms with van der Waals surface area (Å²) in [7, 11) is 0. The van der Waals surface area contributed by atoms with Gasteiger partial charge in [0.05, 0.1) is 12.2 Å². The van der Waals surface area contributed by atoms with E-state index in [4.69, 9.17) is 10.2 Å². The SMILES string of the molecule is CC(c1ncc(-c2ccccc2)o1)N1CCC(C)(CN)C1.Cl.Cl. The lowest BCUT2D eigenvalue weighted by molar-refractivity contribution is 0.200. The number of halogens is 2. The molecule has 23 heavy (non-hydrogen) atoms. The molecule has 6 heteroatoms. The van der Waals surface area contributed by atoms with Crippen LogP contribution in [-0.2, 0) is 0 Å². The second-order valence-electron chi connectivity index (χ2n) is 6.34. The third-order valence-electron chi connectivity index (χ3n) is 4.57. The number of benzene rings is 1. The van der Waals surface area contributed by atoms with E-state index in [0.29, 0.717) is 0 Å². The van der Waals surface area contributed by atoms with E-state index in [0.717, 1.165) is 43.3 Å². The van der Waals surface area contributed by atoms with Gasteiger partial charge in [0.1, 0.15) is 0 Å². The van der Waals surface area contributed by atoms with Crippen molar-refractivity contribution in [3.8, 4) is 11.3 Å². The van der Waals surface area contributed by atoms with E-state index in [2.05, 4.69) is 23.7 Å². The molecular formula is C17H25Cl2N3O. The van der Waals surface area contributed by atoms with Crippen molar-refractivity contribution in [2.24, 2.45) is 11.1 Å². The summed E-state index contributed by atoms with van der Waals surface area (Å²) in [6.45, 7) is 7.20. The van der Waals surface area contributed by atoms with Crippen molar-refractivity contribution in [1.82, 2.24) is 9.88 Å². The second kappa shape index (κ2) is 8.15. The molecule has 0 radical (unpaired) electrons. The summed E-state index contributed by atoms with van der Waals surface area (Å²) >= 11 is 0. The fourth-order valence-corrected chi connectivity index (χ4v) is 2.93. The molecule has 2 N–H and O–H groups in total. The molecule has 0 aliphatic carbocycles. The van der Waals surface area contributed by atoms with Crippen molar-refractivity contribution in [3.63, 3.8) is 0 Å². The molecule has 1 aliphatic rings. The largest absolute Gasteiger partial charge is 0.439 e. The molecule has 128 valence electrons. The number of rotatable bonds is 4. The van der Waals surface area contributed by atoms with E-state index < -0.39 is 0 Å². The maximum Gasteiger partial charge on any atom is 0.211 e. The van der Waals surface area contributed by atoms with Crippen LogP contribution in [0.2, 0.25) is 0 Å². The van der Waals surface area contributed by atoms with Gasteiger partial charge in [-0.1, -0.05) is 37.3 Å². The lowest BCUT2D eigenvalue weighted by Gasteiger charge is -2.25. The molecule has 1 aliphatic heterocycles. The molecule has 2 atom stereocenters. The topological polar surface area (TPSA) is 55.3 Å². The van der Waals surface area contributed by atoms with E-state index in [-0.39, 0.29) is 36.3 Å². The Labute approximate surface area is 150 Å². The molecule has 2 heterocycles. The minimum absolute atomic E-state index is 0. The van der Waals surface area contributed by atoms with E-state index in [1.165, 1.54) is 0 Å². The maximum absolute atomic E-state index is 5.96. The highest BCUT2D eigenvalue weighted by Gasteiger charge is 2.36. The molecule has 0 amide bonds. The van der Waals surface area contributed by atoms with Crippen molar-refractivity contribution in [2.45, 2.75) is 26.3 Å². The highest BCUT2D eigenvalue weighted by atomic mass is 35.5. The predicted octanol–water partition coefficient (Wildman–Crippen LogP) is 3.92. The molecule has 1 fully saturated rings. The zero-order valence-corrected chi connectivity index (χ0v) is 15.2. The van der Waals surface area contributed by atoms with Crippen LogP contribution in [0.25, 0.3) is 11.3 Å². The third kappa shape index (κ3) is 4.27. The highest BCUT2D eigenvalue weighted by molar-refractivity contribution is 5.85. The molecule has 3 rings (SSSR count). The molecule has 0 bridgehead atoms. The number of likely N-dealkylation sites (tertiary alicyclic amines) is 1. The first-order chi connectivity index (χ1) is 10.1. The number of nitrogens with zero attached hydrogens (tertiary/aromatic N) is 2. The second-order valence-corrected chi connectivity index (χ2v) is 6.34. The molecule has 4 nitrogen and oxygen atoms in total. The monoisotopic (exact) mass is 357 g/mol. The smallest absolute Gasteiger partial charge is 0.211 e. The van der Waals surface area contributed by atoms with Crippen molar-refractivity contribution >= 4 is 24.8 Å². The zero-order chi connectivity index (χ0) is 14.9. The summed E-state index contributed by atoms with van der Waals surface area (Å²) in [4.78, 5) is 6.88. The number of aromatic nitrogens is 1. The fraction of sp³-hybridized carbons (Fsp3) is 0.471. The van der Waals surface area contributed by atoms with Crippen LogP contribution in [0.3, 0.4) is 0 Å². The van der Waals surface area contributed by atoms with Gasteiger partial charge in [-0.05, 0) is 31.8 Å². The lowest BCUT2D eigenvalue weighted by Crippen LogP contribution is -2.32. The van der Waals surface area contributed by atoms with Crippen LogP contribution in [0.15, 0.2) is 40.9 Å². The number of hydrogen-bond donors (Lipinski definition) is 1. The minimum Gasteiger partial charge on any atom is -0.439 e. The average Bonchev–Trinajstić information content (AvgIpc) is 3.15. The summed E-state index contributed by atoms with van der Waals surface area (Å²) in [5.41, 5.74) is 7.18. The van der Waals surface area contributed by atoms with Crippen LogP contribution < -0.4 is 5.73 Å². The van der Waals surface area contributed by atoms with Crippen molar-refractivity contribution in [1.29, 1.82) is 0 Å². The predicted molar refractivity (Wildman–Crippen MR) is 98.2 cm³/mol. The van der Waals surface area contributed by atoms with E-state index in [1.54, 1.807) is 0 Å². The standard InChI is InChI=1S/C17H23N3O.2ClH/c1-13(20-9-8-17(2,11-18)12-20)16-19-10-15(21-16)14-6-4-3-5-7-14;;/h3-7,10,13H,8-9,11-12,18H2,1-2H3;2*1H. The van der Waals surface area contributed by atoms with Crippen LogP contribution >= 0.6 is 24.8 Å². The molecule has 0 saturated carbocycles. The van der Waals surface area contributed by atoms with Gasteiger partial charge in [-0.3, -0.25) is 4.90 Å². The Bertz CT molecular complexity index is 605. The molecule has 1 aromatic heterocycles. The van der Waals surface area contributed by atoms with Gasteiger partial charge in [0.2, 0.25) is 5.89 Å². The Morgan fingerprint density at radius 2 is 2.00 bits per heavy atom. The Hall–Kier alpha value is -1.07. The Kier molecular flexibility index (Phi) is 7.08. The van der Waals surface area contributed by atoms with E-state index >= 15 is 0 Å². The van der Waals surface area contributed by atoms with Crippen LogP contribution in [0, 0.1) is 5.41 Å². The summed E-state index contributed by atoms with van der Waals surface area (Å²) < 4.78 is 5.96. The summed E-state index contributed by atoms with van der Waals surface area (Å²) in [5.74, 6) is 1.62. The maximum atomic E-state index is 5.96. The van der Waals surface area contributed by atoms with Gasteiger partial charge < -0.3 is 10.2 Å². The fourth-order valence-electron chi connectivity index (χ4n) is 2.93. The van der Waals surface area contributed by atoms with Crippen molar-refractivity contribution in [2.75, 3.05) is 19.6 Å². The third-order valence-corrected chi connectivity index (χ3v) is 4.57. The van der Waals surface area contributed by atoms with Gasteiger partial charge in [-0.2, -0.15) is 0 Å². The van der Waals surface area contributed by atoms with Gasteiger partial charge in [0.15, 0.2) is 5.76 Å². The van der Waals surface area contributed by atoms with Crippen LogP contribution in [-0.4, -0.2) is 29.5 Å². The molecule has 2 unspecified atom stereocenters. The average molecular weight is 358 g/mol. The first-order valence-electron chi connectivity index (χ1n) is 7.57. The zero-order valence-electron chi connectivity index (χ0n) is 13.6. The molecule has 2 aromatic rings. The number of oxazole rings is 1. The summed E-state index contributed by atoms with van der Waals surface area (Å²) in [5, 5.41) is 0. The molecule has 0 spiro atoms. The van der Waals surface area contributed by atoms with Crippen LogP contribution in [0.4, 0.5) is 0 Å². The van der Waals surface area contributed by atoms with E-state index in [9.17, 15) is 0 Å². The van der Waals surface area contributed by atoms with Crippen molar-refractivity contribution < 1.29 is 4.42 Å². The van der Waals surface area contributed by atoms with Gasteiger partial charge in [0, 0.05) is 12.1 Å². The molecular weight excluding hydrogens is 333 g/mol.